The number of hydrogen-bond acceptors (Lipinski definition) is 2. The lowest BCUT2D eigenvalue weighted by Crippen LogP contribution is -2.41. The van der Waals surface area contributed by atoms with Crippen molar-refractivity contribution in [1.29, 1.82) is 0 Å². The fourth-order valence-electron chi connectivity index (χ4n) is 3.76. The summed E-state index contributed by atoms with van der Waals surface area (Å²) in [4.78, 5) is 25.9. The van der Waals surface area contributed by atoms with Gasteiger partial charge in [-0.05, 0) is 37.3 Å². The van der Waals surface area contributed by atoms with E-state index >= 15 is 0 Å². The molecule has 6 heteroatoms. The SMILES string of the molecule is C[C@@H](NC(=O)Nc1ccccc1CN1CCNC1=O)C1CCCCC1. The Kier molecular flexibility index (Phi) is 5.79. The van der Waals surface area contributed by atoms with Crippen LogP contribution in [0, 0.1) is 5.92 Å². The van der Waals surface area contributed by atoms with Crippen molar-refractivity contribution in [2.45, 2.75) is 51.6 Å². The lowest BCUT2D eigenvalue weighted by atomic mass is 9.85. The summed E-state index contributed by atoms with van der Waals surface area (Å²) in [6, 6.07) is 7.61. The van der Waals surface area contributed by atoms with Gasteiger partial charge in [0.2, 0.25) is 0 Å². The summed E-state index contributed by atoms with van der Waals surface area (Å²) < 4.78 is 0. The second kappa shape index (κ2) is 8.23. The molecule has 2 aliphatic rings. The molecule has 4 amide bonds. The molecule has 1 aromatic rings. The number of hydrogen-bond donors (Lipinski definition) is 3. The van der Waals surface area contributed by atoms with Gasteiger partial charge in [-0.1, -0.05) is 37.5 Å². The number of amides is 4. The Hall–Kier alpha value is -2.24. The molecule has 0 bridgehead atoms. The first-order valence-corrected chi connectivity index (χ1v) is 9.31. The standard InChI is InChI=1S/C19H28N4O2/c1-14(15-7-3-2-4-8-15)21-18(24)22-17-10-6-5-9-16(17)13-23-12-11-20-19(23)25/h5-6,9-10,14-15H,2-4,7-8,11-13H2,1H3,(H,20,25)(H2,21,22,24)/t14-/m1/s1. The lowest BCUT2D eigenvalue weighted by molar-refractivity contribution is 0.215. The van der Waals surface area contributed by atoms with Gasteiger partial charge in [0.1, 0.15) is 0 Å². The van der Waals surface area contributed by atoms with Gasteiger partial charge in [0.15, 0.2) is 0 Å². The number of nitrogens with zero attached hydrogens (tertiary/aromatic N) is 1. The van der Waals surface area contributed by atoms with Crippen LogP contribution in [0.4, 0.5) is 15.3 Å². The zero-order valence-electron chi connectivity index (χ0n) is 14.9. The average Bonchev–Trinajstić information content (AvgIpc) is 3.02. The molecule has 1 heterocycles. The second-order valence-electron chi connectivity index (χ2n) is 7.10. The van der Waals surface area contributed by atoms with Crippen LogP contribution >= 0.6 is 0 Å². The highest BCUT2D eigenvalue weighted by Gasteiger charge is 2.23. The Morgan fingerprint density at radius 3 is 2.76 bits per heavy atom. The van der Waals surface area contributed by atoms with Gasteiger partial charge in [-0.15, -0.1) is 0 Å². The highest BCUT2D eigenvalue weighted by molar-refractivity contribution is 5.90. The molecule has 25 heavy (non-hydrogen) atoms. The summed E-state index contributed by atoms with van der Waals surface area (Å²) in [7, 11) is 0. The van der Waals surface area contributed by atoms with Crippen LogP contribution in [0.5, 0.6) is 0 Å². The molecule has 3 rings (SSSR count). The minimum Gasteiger partial charge on any atom is -0.336 e. The maximum atomic E-state index is 12.4. The Morgan fingerprint density at radius 1 is 1.28 bits per heavy atom. The maximum Gasteiger partial charge on any atom is 0.319 e. The monoisotopic (exact) mass is 344 g/mol. The number of anilines is 1. The van der Waals surface area contributed by atoms with E-state index in [2.05, 4.69) is 22.9 Å². The predicted molar refractivity (Wildman–Crippen MR) is 98.4 cm³/mol. The first-order valence-electron chi connectivity index (χ1n) is 9.31. The molecule has 1 aliphatic heterocycles. The molecule has 2 fully saturated rings. The van der Waals surface area contributed by atoms with Crippen molar-refractivity contribution in [2.75, 3.05) is 18.4 Å². The number of rotatable bonds is 5. The second-order valence-corrected chi connectivity index (χ2v) is 7.10. The third-order valence-corrected chi connectivity index (χ3v) is 5.29. The van der Waals surface area contributed by atoms with Crippen LogP contribution in [0.1, 0.15) is 44.6 Å². The average molecular weight is 344 g/mol. The summed E-state index contributed by atoms with van der Waals surface area (Å²) in [5, 5.41) is 8.85. The van der Waals surface area contributed by atoms with Gasteiger partial charge in [0, 0.05) is 31.4 Å². The van der Waals surface area contributed by atoms with E-state index in [0.29, 0.717) is 25.6 Å². The van der Waals surface area contributed by atoms with Gasteiger partial charge in [-0.2, -0.15) is 0 Å². The van der Waals surface area contributed by atoms with E-state index in [-0.39, 0.29) is 18.1 Å². The Morgan fingerprint density at radius 2 is 2.04 bits per heavy atom. The predicted octanol–water partition coefficient (Wildman–Crippen LogP) is 3.30. The lowest BCUT2D eigenvalue weighted by Gasteiger charge is -2.28. The van der Waals surface area contributed by atoms with Gasteiger partial charge < -0.3 is 20.9 Å². The van der Waals surface area contributed by atoms with Gasteiger partial charge in [-0.3, -0.25) is 0 Å². The Balaban J connectivity index is 1.58. The first kappa shape index (κ1) is 17.6. The Bertz CT molecular complexity index is 613. The van der Waals surface area contributed by atoms with E-state index in [1.165, 1.54) is 32.1 Å². The summed E-state index contributed by atoms with van der Waals surface area (Å²) in [6.45, 7) is 3.96. The largest absolute Gasteiger partial charge is 0.336 e. The smallest absolute Gasteiger partial charge is 0.319 e. The zero-order chi connectivity index (χ0) is 17.6. The molecular weight excluding hydrogens is 316 g/mol. The van der Waals surface area contributed by atoms with Gasteiger partial charge in [0.25, 0.3) is 0 Å². The molecular formula is C19H28N4O2. The molecule has 0 spiro atoms. The number of urea groups is 2. The van der Waals surface area contributed by atoms with Crippen molar-refractivity contribution >= 4 is 17.7 Å². The van der Waals surface area contributed by atoms with Crippen molar-refractivity contribution in [3.8, 4) is 0 Å². The van der Waals surface area contributed by atoms with E-state index < -0.39 is 0 Å². The van der Waals surface area contributed by atoms with E-state index in [9.17, 15) is 9.59 Å². The van der Waals surface area contributed by atoms with Gasteiger partial charge >= 0.3 is 12.1 Å². The summed E-state index contributed by atoms with van der Waals surface area (Å²) in [5.41, 5.74) is 1.70. The molecule has 136 valence electrons. The summed E-state index contributed by atoms with van der Waals surface area (Å²) in [6.07, 6.45) is 6.23. The molecule has 1 aromatic carbocycles. The van der Waals surface area contributed by atoms with Gasteiger partial charge in [-0.25, -0.2) is 9.59 Å². The van der Waals surface area contributed by atoms with E-state index in [1.54, 1.807) is 4.90 Å². The third kappa shape index (κ3) is 4.65. The highest BCUT2D eigenvalue weighted by Crippen LogP contribution is 2.26. The van der Waals surface area contributed by atoms with Gasteiger partial charge in [0.05, 0.1) is 0 Å². The van der Waals surface area contributed by atoms with Crippen LogP contribution in [-0.4, -0.2) is 36.1 Å². The number of para-hydroxylation sites is 1. The highest BCUT2D eigenvalue weighted by atomic mass is 16.2. The van der Waals surface area contributed by atoms with E-state index in [1.807, 2.05) is 24.3 Å². The van der Waals surface area contributed by atoms with Crippen LogP contribution in [0.15, 0.2) is 24.3 Å². The Labute approximate surface area is 149 Å². The fourth-order valence-corrected chi connectivity index (χ4v) is 3.76. The quantitative estimate of drug-likeness (QED) is 0.767. The molecule has 3 N–H and O–H groups in total. The topological polar surface area (TPSA) is 73.5 Å². The summed E-state index contributed by atoms with van der Waals surface area (Å²) in [5.74, 6) is 0.572. The molecule has 1 saturated heterocycles. The normalized spacial score (nSPS) is 19.4. The summed E-state index contributed by atoms with van der Waals surface area (Å²) >= 11 is 0. The van der Waals surface area contributed by atoms with Crippen molar-refractivity contribution in [2.24, 2.45) is 5.92 Å². The van der Waals surface area contributed by atoms with Crippen LogP contribution in [0.25, 0.3) is 0 Å². The van der Waals surface area contributed by atoms with Crippen LogP contribution in [-0.2, 0) is 6.54 Å². The fraction of sp³-hybridized carbons (Fsp3) is 0.579. The minimum absolute atomic E-state index is 0.0508. The molecule has 0 aromatic heterocycles. The number of nitrogens with one attached hydrogen (secondary N) is 3. The maximum absolute atomic E-state index is 12.4. The molecule has 1 atom stereocenters. The molecule has 6 nitrogen and oxygen atoms in total. The molecule has 0 unspecified atom stereocenters. The van der Waals surface area contributed by atoms with E-state index in [4.69, 9.17) is 0 Å². The third-order valence-electron chi connectivity index (χ3n) is 5.29. The number of carbonyl (C=O) groups excluding carboxylic acids is 2. The number of benzene rings is 1. The molecule has 0 radical (unpaired) electrons. The van der Waals surface area contributed by atoms with Crippen LogP contribution < -0.4 is 16.0 Å². The van der Waals surface area contributed by atoms with Crippen molar-refractivity contribution < 1.29 is 9.59 Å². The van der Waals surface area contributed by atoms with Crippen LogP contribution in [0.3, 0.4) is 0 Å². The van der Waals surface area contributed by atoms with Crippen molar-refractivity contribution in [3.05, 3.63) is 29.8 Å². The zero-order valence-corrected chi connectivity index (χ0v) is 14.9. The minimum atomic E-state index is -0.170. The van der Waals surface area contributed by atoms with E-state index in [0.717, 1.165) is 11.3 Å². The van der Waals surface area contributed by atoms with Crippen molar-refractivity contribution in [1.82, 2.24) is 15.5 Å². The van der Waals surface area contributed by atoms with Crippen molar-refractivity contribution in [3.63, 3.8) is 0 Å². The molecule has 1 aliphatic carbocycles. The van der Waals surface area contributed by atoms with Crippen LogP contribution in [0.2, 0.25) is 0 Å². The first-order chi connectivity index (χ1) is 12.1. The molecule has 1 saturated carbocycles. The number of carbonyl (C=O) groups is 2.